The van der Waals surface area contributed by atoms with Crippen molar-refractivity contribution < 1.29 is 31.6 Å². The van der Waals surface area contributed by atoms with Crippen LogP contribution in [0.1, 0.15) is 10.4 Å². The summed E-state index contributed by atoms with van der Waals surface area (Å²) in [7, 11) is 0. The molecule has 0 aliphatic heterocycles. The lowest BCUT2D eigenvalue weighted by Crippen LogP contribution is -2.30. The molecule has 0 spiro atoms. The molecule has 0 radical (unpaired) electrons. The number of amides is 1. The Morgan fingerprint density at radius 1 is 1.28 bits per heavy atom. The second-order valence-corrected chi connectivity index (χ2v) is 4.00. The van der Waals surface area contributed by atoms with Crippen LogP contribution in [0.5, 0.6) is 0 Å². The highest BCUT2D eigenvalue weighted by molar-refractivity contribution is 9.10. The number of benzene rings is 1. The molecule has 3 nitrogen and oxygen atoms in total. The van der Waals surface area contributed by atoms with Crippen molar-refractivity contribution in [2.45, 2.75) is 6.18 Å². The highest BCUT2D eigenvalue weighted by Gasteiger charge is 2.29. The lowest BCUT2D eigenvalue weighted by atomic mass is 10.2. The molecule has 100 valence electrons. The predicted octanol–water partition coefficient (Wildman–Crippen LogP) is 2.95. The van der Waals surface area contributed by atoms with Crippen LogP contribution in [0, 0.1) is 11.6 Å². The van der Waals surface area contributed by atoms with Gasteiger partial charge in [0.25, 0.3) is 5.91 Å². The van der Waals surface area contributed by atoms with E-state index in [1.165, 1.54) is 5.48 Å². The number of hydrogen-bond donors (Lipinski definition) is 1. The number of carbonyl (C=O) groups excluding carboxylic acids is 1. The zero-order valence-corrected chi connectivity index (χ0v) is 10.0. The Bertz CT molecular complexity index is 440. The summed E-state index contributed by atoms with van der Waals surface area (Å²) in [6.45, 7) is -1.77. The summed E-state index contributed by atoms with van der Waals surface area (Å²) in [5.74, 6) is -3.90. The number of halogens is 6. The average Bonchev–Trinajstić information content (AvgIpc) is 2.13. The van der Waals surface area contributed by atoms with Gasteiger partial charge < -0.3 is 0 Å². The first-order chi connectivity index (χ1) is 8.20. The molecule has 0 saturated carbocycles. The third-order valence-electron chi connectivity index (χ3n) is 1.63. The van der Waals surface area contributed by atoms with Crippen LogP contribution in [0.25, 0.3) is 0 Å². The molecule has 0 aliphatic rings. The standard InChI is InChI=1S/C9H5BrF5NO2/c10-4-1-5(11)7(6(12)2-4)8(17)16-18-3-9(13,14)15/h1-2H,3H2,(H,16,17). The van der Waals surface area contributed by atoms with Crippen molar-refractivity contribution in [2.24, 2.45) is 0 Å². The van der Waals surface area contributed by atoms with Gasteiger partial charge in [0.15, 0.2) is 6.61 Å². The van der Waals surface area contributed by atoms with E-state index in [0.29, 0.717) is 0 Å². The summed E-state index contributed by atoms with van der Waals surface area (Å²) in [5.41, 5.74) is 0.275. The minimum atomic E-state index is -4.66. The summed E-state index contributed by atoms with van der Waals surface area (Å²) in [6, 6.07) is 1.59. The van der Waals surface area contributed by atoms with Crippen LogP contribution in [0.15, 0.2) is 16.6 Å². The first-order valence-corrected chi connectivity index (χ1v) is 5.13. The quantitative estimate of drug-likeness (QED) is 0.682. The Morgan fingerprint density at radius 3 is 2.22 bits per heavy atom. The number of alkyl halides is 3. The molecule has 0 atom stereocenters. The maximum Gasteiger partial charge on any atom is 0.414 e. The van der Waals surface area contributed by atoms with Crippen LogP contribution in [0.2, 0.25) is 0 Å². The summed E-state index contributed by atoms with van der Waals surface area (Å²) in [5, 5.41) is 0. The van der Waals surface area contributed by atoms with E-state index in [2.05, 4.69) is 20.8 Å². The number of hydrogen-bond acceptors (Lipinski definition) is 2. The van der Waals surface area contributed by atoms with Crippen molar-refractivity contribution in [1.82, 2.24) is 5.48 Å². The molecule has 1 rings (SSSR count). The first-order valence-electron chi connectivity index (χ1n) is 4.34. The van der Waals surface area contributed by atoms with Crippen molar-refractivity contribution in [3.63, 3.8) is 0 Å². The van der Waals surface area contributed by atoms with Gasteiger partial charge in [-0.15, -0.1) is 0 Å². The van der Waals surface area contributed by atoms with E-state index in [9.17, 15) is 26.7 Å². The van der Waals surface area contributed by atoms with Gasteiger partial charge in [-0.25, -0.2) is 14.3 Å². The molecule has 0 fully saturated rings. The molecule has 0 saturated heterocycles. The predicted molar refractivity (Wildman–Crippen MR) is 53.5 cm³/mol. The monoisotopic (exact) mass is 333 g/mol. The van der Waals surface area contributed by atoms with E-state index in [0.717, 1.165) is 12.1 Å². The van der Waals surface area contributed by atoms with Crippen LogP contribution >= 0.6 is 15.9 Å². The number of nitrogens with one attached hydrogen (secondary N) is 1. The van der Waals surface area contributed by atoms with E-state index in [4.69, 9.17) is 0 Å². The third kappa shape index (κ3) is 4.22. The largest absolute Gasteiger partial charge is 0.414 e. The average molecular weight is 334 g/mol. The Hall–Kier alpha value is -1.22. The maximum atomic E-state index is 13.2. The van der Waals surface area contributed by atoms with Crippen molar-refractivity contribution in [1.29, 1.82) is 0 Å². The van der Waals surface area contributed by atoms with Gasteiger partial charge in [0, 0.05) is 4.47 Å². The van der Waals surface area contributed by atoms with E-state index in [1.807, 2.05) is 0 Å². The number of carbonyl (C=O) groups is 1. The molecule has 0 unspecified atom stereocenters. The van der Waals surface area contributed by atoms with Crippen LogP contribution in [-0.4, -0.2) is 18.7 Å². The SMILES string of the molecule is O=C(NOCC(F)(F)F)c1c(F)cc(Br)cc1F. The zero-order chi connectivity index (χ0) is 13.9. The Labute approximate surface area is 106 Å². The van der Waals surface area contributed by atoms with Crippen LogP contribution < -0.4 is 5.48 Å². The van der Waals surface area contributed by atoms with Gasteiger partial charge in [-0.1, -0.05) is 15.9 Å². The Balaban J connectivity index is 2.74. The second kappa shape index (κ2) is 5.61. The van der Waals surface area contributed by atoms with E-state index >= 15 is 0 Å². The molecule has 1 aromatic rings. The normalized spacial score (nSPS) is 11.4. The molecular formula is C9H5BrF5NO2. The number of rotatable bonds is 3. The number of hydroxylamine groups is 1. The van der Waals surface area contributed by atoms with Gasteiger partial charge in [-0.05, 0) is 12.1 Å². The minimum absolute atomic E-state index is 0.0465. The van der Waals surface area contributed by atoms with Crippen molar-refractivity contribution in [2.75, 3.05) is 6.61 Å². The highest BCUT2D eigenvalue weighted by Crippen LogP contribution is 2.19. The van der Waals surface area contributed by atoms with E-state index in [-0.39, 0.29) is 4.47 Å². The van der Waals surface area contributed by atoms with Gasteiger partial charge in [0.1, 0.15) is 17.2 Å². The molecule has 0 heterocycles. The van der Waals surface area contributed by atoms with Gasteiger partial charge in [0.2, 0.25) is 0 Å². The molecule has 1 amide bonds. The van der Waals surface area contributed by atoms with Crippen molar-refractivity contribution >= 4 is 21.8 Å². The summed E-state index contributed by atoms with van der Waals surface area (Å²) < 4.78 is 61.5. The molecular weight excluding hydrogens is 329 g/mol. The molecule has 0 bridgehead atoms. The molecule has 9 heteroatoms. The van der Waals surface area contributed by atoms with E-state index < -0.39 is 35.9 Å². The lowest BCUT2D eigenvalue weighted by Gasteiger charge is -2.09. The maximum absolute atomic E-state index is 13.2. The Morgan fingerprint density at radius 2 is 1.78 bits per heavy atom. The first kappa shape index (κ1) is 14.8. The summed E-state index contributed by atoms with van der Waals surface area (Å²) >= 11 is 2.78. The third-order valence-corrected chi connectivity index (χ3v) is 2.09. The minimum Gasteiger partial charge on any atom is -0.267 e. The van der Waals surface area contributed by atoms with Crippen molar-refractivity contribution in [3.05, 3.63) is 33.8 Å². The molecule has 1 aromatic carbocycles. The smallest absolute Gasteiger partial charge is 0.267 e. The Kier molecular flexibility index (Phi) is 4.63. The summed E-state index contributed by atoms with van der Waals surface area (Å²) in [4.78, 5) is 15.0. The van der Waals surface area contributed by atoms with Gasteiger partial charge in [-0.2, -0.15) is 13.2 Å². The van der Waals surface area contributed by atoms with Crippen LogP contribution in [-0.2, 0) is 4.84 Å². The van der Waals surface area contributed by atoms with Crippen molar-refractivity contribution in [3.8, 4) is 0 Å². The zero-order valence-electron chi connectivity index (χ0n) is 8.45. The van der Waals surface area contributed by atoms with Gasteiger partial charge >= 0.3 is 6.18 Å². The van der Waals surface area contributed by atoms with Crippen LogP contribution in [0.3, 0.4) is 0 Å². The fourth-order valence-corrected chi connectivity index (χ4v) is 1.40. The lowest BCUT2D eigenvalue weighted by molar-refractivity contribution is -0.184. The fraction of sp³-hybridized carbons (Fsp3) is 0.222. The molecule has 1 N–H and O–H groups in total. The molecule has 0 aromatic heterocycles. The van der Waals surface area contributed by atoms with Gasteiger partial charge in [-0.3, -0.25) is 9.63 Å². The van der Waals surface area contributed by atoms with Gasteiger partial charge in [0.05, 0.1) is 0 Å². The van der Waals surface area contributed by atoms with Crippen LogP contribution in [0.4, 0.5) is 22.0 Å². The topological polar surface area (TPSA) is 38.3 Å². The molecule has 18 heavy (non-hydrogen) atoms. The molecule has 0 aliphatic carbocycles. The summed E-state index contributed by atoms with van der Waals surface area (Å²) in [6.07, 6.45) is -4.66. The fourth-order valence-electron chi connectivity index (χ4n) is 0.994. The second-order valence-electron chi connectivity index (χ2n) is 3.08. The highest BCUT2D eigenvalue weighted by atomic mass is 79.9. The van der Waals surface area contributed by atoms with E-state index in [1.54, 1.807) is 0 Å².